The Balaban J connectivity index is 3.07. The highest BCUT2D eigenvalue weighted by Crippen LogP contribution is 2.52. The Kier molecular flexibility index (Phi) is 13.5. The molecule has 0 N–H and O–H groups in total. The highest BCUT2D eigenvalue weighted by atomic mass is 32.4. The van der Waals surface area contributed by atoms with E-state index in [1.54, 1.807) is 0 Å². The molecular formula is C23H43NOP2S2. The number of unbranched alkanes of at least 4 members (excludes halogenated alkanes) is 4. The van der Waals surface area contributed by atoms with E-state index in [4.69, 9.17) is 23.6 Å². The quantitative estimate of drug-likeness (QED) is 0.141. The average molecular weight is 476 g/mol. The van der Waals surface area contributed by atoms with Gasteiger partial charge in [0, 0.05) is 12.1 Å². The van der Waals surface area contributed by atoms with E-state index in [1.807, 2.05) is 12.1 Å². The van der Waals surface area contributed by atoms with E-state index in [0.717, 1.165) is 48.4 Å². The van der Waals surface area contributed by atoms with Crippen molar-refractivity contribution in [2.75, 3.05) is 24.6 Å². The van der Waals surface area contributed by atoms with E-state index >= 15 is 0 Å². The summed E-state index contributed by atoms with van der Waals surface area (Å²) in [7, 11) is 0. The van der Waals surface area contributed by atoms with Gasteiger partial charge in [0.25, 0.3) is 0 Å². The molecule has 6 heteroatoms. The zero-order valence-corrected chi connectivity index (χ0v) is 22.6. The molecule has 1 rings (SSSR count). The largest absolute Gasteiger partial charge is 0.618 e. The van der Waals surface area contributed by atoms with Gasteiger partial charge >= 0.3 is 0 Å². The molecule has 0 aromatic carbocycles. The van der Waals surface area contributed by atoms with Gasteiger partial charge in [-0.05, 0) is 68.5 Å². The number of aromatic nitrogens is 1. The Morgan fingerprint density at radius 1 is 0.690 bits per heavy atom. The first-order valence-electron chi connectivity index (χ1n) is 11.7. The molecule has 0 fully saturated rings. The zero-order valence-electron chi connectivity index (χ0n) is 19.2. The Morgan fingerprint density at radius 3 is 1.28 bits per heavy atom. The second-order valence-corrected chi connectivity index (χ2v) is 19.8. The summed E-state index contributed by atoms with van der Waals surface area (Å²) in [5.74, 6) is 0. The monoisotopic (exact) mass is 475 g/mol. The maximum absolute atomic E-state index is 13.3. The first-order valence-corrected chi connectivity index (χ1v) is 18.4. The predicted octanol–water partition coefficient (Wildman–Crippen LogP) is 7.48. The topological polar surface area (TPSA) is 26.9 Å². The van der Waals surface area contributed by atoms with Gasteiger partial charge in [-0.25, -0.2) is 0 Å². The fourth-order valence-corrected chi connectivity index (χ4v) is 12.4. The highest BCUT2D eigenvalue weighted by molar-refractivity contribution is 8.14. The lowest BCUT2D eigenvalue weighted by atomic mass is 10.3. The van der Waals surface area contributed by atoms with Crippen molar-refractivity contribution in [3.8, 4) is 0 Å². The third kappa shape index (κ3) is 9.94. The number of hydrogen-bond donors (Lipinski definition) is 0. The lowest BCUT2D eigenvalue weighted by molar-refractivity contribution is -0.620. The number of rotatable bonds is 16. The van der Waals surface area contributed by atoms with Crippen molar-refractivity contribution in [2.45, 2.75) is 91.4 Å². The molecule has 0 aliphatic carbocycles. The molecule has 0 aliphatic rings. The number of nitrogens with zero attached hydrogens (tertiary/aromatic N) is 1. The zero-order chi connectivity index (χ0) is 21.8. The fraction of sp³-hybridized carbons (Fsp3) is 0.783. The molecule has 0 aliphatic heterocycles. The minimum Gasteiger partial charge on any atom is -0.618 e. The number of pyridine rings is 1. The fourth-order valence-electron chi connectivity index (χ4n) is 3.74. The summed E-state index contributed by atoms with van der Waals surface area (Å²) in [4.78, 5) is 0. The molecule has 0 spiro atoms. The van der Waals surface area contributed by atoms with Crippen LogP contribution in [0.1, 0.15) is 90.4 Å². The lowest BCUT2D eigenvalue weighted by Gasteiger charge is -2.24. The standard InChI is InChI=1S/C23H43NOP2S2/c1-5-9-16-26(28,17-10-6-2)20-22-14-13-15-23(24(22)25)21-27(29,18-11-7-3)19-12-8-4/h13-15H,5-12,16-21H2,1-4H3. The molecule has 0 bridgehead atoms. The van der Waals surface area contributed by atoms with E-state index in [2.05, 4.69) is 33.8 Å². The first kappa shape index (κ1) is 27.3. The van der Waals surface area contributed by atoms with Gasteiger partial charge in [0.05, 0.1) is 12.3 Å². The molecule has 168 valence electrons. The van der Waals surface area contributed by atoms with Crippen LogP contribution in [0.15, 0.2) is 18.2 Å². The van der Waals surface area contributed by atoms with Crippen molar-refractivity contribution in [3.63, 3.8) is 0 Å². The van der Waals surface area contributed by atoms with Crippen LogP contribution in [0.2, 0.25) is 0 Å². The smallest absolute Gasteiger partial charge is 0.198 e. The van der Waals surface area contributed by atoms with Crippen LogP contribution in [0.4, 0.5) is 0 Å². The van der Waals surface area contributed by atoms with Crippen LogP contribution in [-0.4, -0.2) is 24.6 Å². The second kappa shape index (κ2) is 14.3. The van der Waals surface area contributed by atoms with Crippen LogP contribution in [-0.2, 0) is 35.9 Å². The summed E-state index contributed by atoms with van der Waals surface area (Å²) in [6, 6.07) is 3.07. The molecule has 2 nitrogen and oxygen atoms in total. The average Bonchev–Trinajstić information content (AvgIpc) is 2.71. The third-order valence-corrected chi connectivity index (χ3v) is 15.0. The van der Waals surface area contributed by atoms with Gasteiger partial charge in [0.1, 0.15) is 0 Å². The third-order valence-electron chi connectivity index (χ3n) is 5.68. The molecule has 0 radical (unpaired) electrons. The minimum atomic E-state index is -1.51. The van der Waals surface area contributed by atoms with E-state index in [9.17, 15) is 5.21 Å². The number of hydrogen-bond acceptors (Lipinski definition) is 3. The molecule has 29 heavy (non-hydrogen) atoms. The first-order chi connectivity index (χ1) is 13.8. The molecule has 0 saturated heterocycles. The summed E-state index contributed by atoms with van der Waals surface area (Å²) in [6.07, 6.45) is 15.6. The maximum atomic E-state index is 13.3. The summed E-state index contributed by atoms with van der Waals surface area (Å²) in [6.45, 7) is 8.92. The molecule has 0 saturated carbocycles. The predicted molar refractivity (Wildman–Crippen MR) is 140 cm³/mol. The van der Waals surface area contributed by atoms with Gasteiger partial charge in [-0.2, -0.15) is 4.73 Å². The van der Waals surface area contributed by atoms with E-state index in [0.29, 0.717) is 0 Å². The van der Waals surface area contributed by atoms with Crippen LogP contribution in [0.5, 0.6) is 0 Å². The normalized spacial score (nSPS) is 12.4. The second-order valence-electron chi connectivity index (χ2n) is 8.54. The molecule has 1 heterocycles. The van der Waals surface area contributed by atoms with Crippen molar-refractivity contribution in [3.05, 3.63) is 34.8 Å². The SMILES string of the molecule is CCCCP(=S)(CCCC)Cc1cccc(CP(=S)(CCCC)CCCC)[n+]1[O-]. The summed E-state index contributed by atoms with van der Waals surface area (Å²) >= 11 is 12.4. The Labute approximate surface area is 190 Å². The van der Waals surface area contributed by atoms with E-state index in [1.165, 1.54) is 56.1 Å². The Bertz CT molecular complexity index is 615. The molecular weight excluding hydrogens is 432 g/mol. The van der Waals surface area contributed by atoms with Crippen molar-refractivity contribution < 1.29 is 4.73 Å². The van der Waals surface area contributed by atoms with Gasteiger partial charge in [0.2, 0.25) is 0 Å². The van der Waals surface area contributed by atoms with Crippen molar-refractivity contribution in [1.82, 2.24) is 0 Å². The van der Waals surface area contributed by atoms with Gasteiger partial charge in [-0.1, -0.05) is 77.0 Å². The van der Waals surface area contributed by atoms with Crippen LogP contribution in [0, 0.1) is 5.21 Å². The van der Waals surface area contributed by atoms with Crippen LogP contribution < -0.4 is 4.73 Å². The summed E-state index contributed by atoms with van der Waals surface area (Å²) < 4.78 is 1.22. The summed E-state index contributed by atoms with van der Waals surface area (Å²) in [5, 5.41) is 13.3. The van der Waals surface area contributed by atoms with Crippen LogP contribution >= 0.6 is 12.1 Å². The molecule has 1 aromatic heterocycles. The van der Waals surface area contributed by atoms with E-state index < -0.39 is 12.1 Å². The van der Waals surface area contributed by atoms with Gasteiger partial charge in [0.15, 0.2) is 11.4 Å². The van der Waals surface area contributed by atoms with Crippen molar-refractivity contribution in [2.24, 2.45) is 0 Å². The van der Waals surface area contributed by atoms with Gasteiger partial charge in [-0.15, -0.1) is 0 Å². The van der Waals surface area contributed by atoms with E-state index in [-0.39, 0.29) is 0 Å². The van der Waals surface area contributed by atoms with Gasteiger partial charge < -0.3 is 5.21 Å². The van der Waals surface area contributed by atoms with Gasteiger partial charge in [-0.3, -0.25) is 0 Å². The van der Waals surface area contributed by atoms with Crippen LogP contribution in [0.25, 0.3) is 0 Å². The lowest BCUT2D eigenvalue weighted by Crippen LogP contribution is -2.37. The van der Waals surface area contributed by atoms with Crippen molar-refractivity contribution >= 4 is 35.7 Å². The van der Waals surface area contributed by atoms with Crippen molar-refractivity contribution in [1.29, 1.82) is 0 Å². The van der Waals surface area contributed by atoms with Crippen LogP contribution in [0.3, 0.4) is 0 Å². The highest BCUT2D eigenvalue weighted by Gasteiger charge is 2.25. The summed E-state index contributed by atoms with van der Waals surface area (Å²) in [5.41, 5.74) is 1.79. The minimum absolute atomic E-state index is 0.812. The Hall–Kier alpha value is 0.250. The Morgan fingerprint density at radius 2 is 1.00 bits per heavy atom. The molecule has 0 atom stereocenters. The molecule has 1 aromatic rings. The molecule has 0 amide bonds. The molecule has 0 unspecified atom stereocenters. The maximum Gasteiger partial charge on any atom is 0.198 e.